The number of hydrogen-bond donors (Lipinski definition) is 2. The topological polar surface area (TPSA) is 134 Å². The second kappa shape index (κ2) is 9.89. The van der Waals surface area contributed by atoms with E-state index < -0.39 is 0 Å². The predicted octanol–water partition coefficient (Wildman–Crippen LogP) is 4.65. The van der Waals surface area contributed by atoms with E-state index in [2.05, 4.69) is 38.5 Å². The molecule has 6 heterocycles. The summed E-state index contributed by atoms with van der Waals surface area (Å²) in [5, 5.41) is 13.0. The molecule has 0 spiro atoms. The van der Waals surface area contributed by atoms with E-state index in [1.807, 2.05) is 60.6 Å². The smallest absolute Gasteiger partial charge is 0.292 e. The Kier molecular flexibility index (Phi) is 5.95. The average Bonchev–Trinajstić information content (AvgIpc) is 3.45. The first-order valence-corrected chi connectivity index (χ1v) is 15.1. The lowest BCUT2D eigenvalue weighted by Gasteiger charge is -2.39. The van der Waals surface area contributed by atoms with Crippen molar-refractivity contribution in [1.82, 2.24) is 39.7 Å². The van der Waals surface area contributed by atoms with Gasteiger partial charge in [0.25, 0.3) is 5.91 Å². The summed E-state index contributed by atoms with van der Waals surface area (Å²) in [5.41, 5.74) is 13.7. The normalized spacial score (nSPS) is 21.4. The van der Waals surface area contributed by atoms with Crippen LogP contribution in [0.4, 0.5) is 11.8 Å². The zero-order valence-corrected chi connectivity index (χ0v) is 24.3. The molecule has 0 unspecified atom stereocenters. The van der Waals surface area contributed by atoms with Crippen LogP contribution in [0.2, 0.25) is 0 Å². The molecule has 1 amide bonds. The van der Waals surface area contributed by atoms with Crippen LogP contribution < -0.4 is 10.6 Å². The SMILES string of the molecule is CN(C)c1nnc(C(=O)N2[C@@H]3CC[C@H]2C[C@H](c2nc4c(-c5ccc(-c6ccccc6)nc5)cnn4c(N)c2C2CC2)C3)[nH]1. The summed E-state index contributed by atoms with van der Waals surface area (Å²) in [6.07, 6.45) is 9.65. The Morgan fingerprint density at radius 2 is 1.70 bits per heavy atom. The fourth-order valence-corrected chi connectivity index (χ4v) is 7.09. The van der Waals surface area contributed by atoms with Crippen LogP contribution in [0, 0.1) is 0 Å². The minimum atomic E-state index is -0.0681. The average molecular weight is 575 g/mol. The monoisotopic (exact) mass is 574 g/mol. The molecule has 218 valence electrons. The number of piperidine rings is 1. The van der Waals surface area contributed by atoms with Crippen molar-refractivity contribution in [2.45, 2.75) is 62.4 Å². The second-order valence-electron chi connectivity index (χ2n) is 12.3. The molecule has 0 radical (unpaired) electrons. The third kappa shape index (κ3) is 4.33. The number of aromatic amines is 1. The van der Waals surface area contributed by atoms with Gasteiger partial charge in [-0.25, -0.2) is 4.98 Å². The van der Waals surface area contributed by atoms with Gasteiger partial charge in [-0.05, 0) is 50.5 Å². The molecule has 2 aliphatic heterocycles. The molecule has 3 aliphatic rings. The van der Waals surface area contributed by atoms with Crippen LogP contribution >= 0.6 is 0 Å². The summed E-state index contributed by atoms with van der Waals surface area (Å²) in [6.45, 7) is 0. The van der Waals surface area contributed by atoms with E-state index >= 15 is 0 Å². The van der Waals surface area contributed by atoms with E-state index in [1.54, 1.807) is 4.52 Å². The third-order valence-electron chi connectivity index (χ3n) is 9.34. The van der Waals surface area contributed by atoms with E-state index in [0.29, 0.717) is 23.5 Å². The van der Waals surface area contributed by atoms with Gasteiger partial charge in [-0.15, -0.1) is 10.2 Å². The summed E-state index contributed by atoms with van der Waals surface area (Å²) in [5.74, 6) is 2.14. The number of nitrogens with one attached hydrogen (secondary N) is 1. The molecular formula is C32H34N10O. The van der Waals surface area contributed by atoms with Crippen molar-refractivity contribution < 1.29 is 4.79 Å². The Labute approximate surface area is 249 Å². The Morgan fingerprint density at radius 1 is 0.930 bits per heavy atom. The van der Waals surface area contributed by atoms with Gasteiger partial charge in [0.1, 0.15) is 5.82 Å². The first-order chi connectivity index (χ1) is 21.0. The van der Waals surface area contributed by atoms with Crippen molar-refractivity contribution in [3.05, 3.63) is 71.9 Å². The van der Waals surface area contributed by atoms with Crippen molar-refractivity contribution in [2.24, 2.45) is 0 Å². The molecule has 11 heteroatoms. The molecule has 4 aromatic heterocycles. The number of H-pyrrole nitrogens is 1. The van der Waals surface area contributed by atoms with Crippen LogP contribution in [0.3, 0.4) is 0 Å². The number of benzene rings is 1. The number of amides is 1. The predicted molar refractivity (Wildman–Crippen MR) is 164 cm³/mol. The number of rotatable bonds is 6. The lowest BCUT2D eigenvalue weighted by Crippen LogP contribution is -2.46. The molecule has 3 fully saturated rings. The first kappa shape index (κ1) is 25.9. The van der Waals surface area contributed by atoms with Crippen molar-refractivity contribution in [3.63, 3.8) is 0 Å². The highest BCUT2D eigenvalue weighted by Crippen LogP contribution is 2.50. The summed E-state index contributed by atoms with van der Waals surface area (Å²) >= 11 is 0. The number of nitrogen functional groups attached to an aromatic ring is 1. The highest BCUT2D eigenvalue weighted by atomic mass is 16.2. The van der Waals surface area contributed by atoms with E-state index in [1.165, 1.54) is 0 Å². The summed E-state index contributed by atoms with van der Waals surface area (Å²) in [7, 11) is 3.75. The number of aromatic nitrogens is 7. The largest absolute Gasteiger partial charge is 0.383 e. The Morgan fingerprint density at radius 3 is 2.35 bits per heavy atom. The number of anilines is 2. The molecule has 2 saturated heterocycles. The van der Waals surface area contributed by atoms with E-state index in [4.69, 9.17) is 15.7 Å². The summed E-state index contributed by atoms with van der Waals surface area (Å²) in [4.78, 5) is 30.6. The number of hydrogen-bond acceptors (Lipinski definition) is 8. The van der Waals surface area contributed by atoms with Crippen LogP contribution in [0.1, 0.15) is 72.2 Å². The number of nitrogens with two attached hydrogens (primary N) is 1. The fraction of sp³-hybridized carbons (Fsp3) is 0.375. The number of pyridine rings is 1. The number of carbonyl (C=O) groups is 1. The molecule has 1 aromatic carbocycles. The van der Waals surface area contributed by atoms with Crippen molar-refractivity contribution in [1.29, 1.82) is 0 Å². The molecule has 3 N–H and O–H groups in total. The van der Waals surface area contributed by atoms with Crippen molar-refractivity contribution in [2.75, 3.05) is 24.7 Å². The summed E-state index contributed by atoms with van der Waals surface area (Å²) in [6, 6.07) is 14.5. The van der Waals surface area contributed by atoms with Crippen LogP contribution in [-0.4, -0.2) is 71.7 Å². The molecule has 1 saturated carbocycles. The van der Waals surface area contributed by atoms with Gasteiger partial charge in [-0.2, -0.15) is 9.61 Å². The maximum atomic E-state index is 13.6. The Bertz CT molecular complexity index is 1810. The maximum absolute atomic E-state index is 13.6. The fourth-order valence-electron chi connectivity index (χ4n) is 7.09. The second-order valence-corrected chi connectivity index (χ2v) is 12.3. The van der Waals surface area contributed by atoms with Crippen molar-refractivity contribution >= 4 is 23.3 Å². The molecule has 3 atom stereocenters. The molecule has 11 nitrogen and oxygen atoms in total. The van der Waals surface area contributed by atoms with Crippen LogP contribution in [0.15, 0.2) is 54.9 Å². The van der Waals surface area contributed by atoms with Gasteiger partial charge in [0.05, 0.1) is 17.6 Å². The van der Waals surface area contributed by atoms with Gasteiger partial charge in [-0.1, -0.05) is 36.4 Å². The van der Waals surface area contributed by atoms with E-state index in [9.17, 15) is 4.79 Å². The quantitative estimate of drug-likeness (QED) is 0.299. The molecule has 5 aromatic rings. The highest BCUT2D eigenvalue weighted by molar-refractivity contribution is 5.91. The van der Waals surface area contributed by atoms with Gasteiger partial charge in [0.2, 0.25) is 11.8 Å². The minimum Gasteiger partial charge on any atom is -0.383 e. The van der Waals surface area contributed by atoms with Gasteiger partial charge in [0, 0.05) is 60.5 Å². The first-order valence-electron chi connectivity index (χ1n) is 15.1. The zero-order chi connectivity index (χ0) is 29.2. The molecule has 43 heavy (non-hydrogen) atoms. The number of nitrogens with zero attached hydrogens (tertiary/aromatic N) is 8. The Balaban J connectivity index is 1.13. The van der Waals surface area contributed by atoms with Gasteiger partial charge in [0.15, 0.2) is 5.65 Å². The number of fused-ring (bicyclic) bond motifs is 3. The van der Waals surface area contributed by atoms with Gasteiger partial charge >= 0.3 is 0 Å². The highest BCUT2D eigenvalue weighted by Gasteiger charge is 2.46. The van der Waals surface area contributed by atoms with Gasteiger partial charge < -0.3 is 20.5 Å². The summed E-state index contributed by atoms with van der Waals surface area (Å²) < 4.78 is 1.80. The minimum absolute atomic E-state index is 0.0681. The van der Waals surface area contributed by atoms with E-state index in [0.717, 1.165) is 77.8 Å². The zero-order valence-electron chi connectivity index (χ0n) is 24.3. The lowest BCUT2D eigenvalue weighted by atomic mass is 9.85. The van der Waals surface area contributed by atoms with Gasteiger partial charge in [-0.3, -0.25) is 9.78 Å². The molecule has 2 bridgehead atoms. The molecule has 1 aliphatic carbocycles. The maximum Gasteiger partial charge on any atom is 0.292 e. The molecular weight excluding hydrogens is 540 g/mol. The molecule has 8 rings (SSSR count). The van der Waals surface area contributed by atoms with Crippen LogP contribution in [0.5, 0.6) is 0 Å². The van der Waals surface area contributed by atoms with Crippen LogP contribution in [0.25, 0.3) is 28.0 Å². The standard InChI is InChI=1S/C32H34N10O/c1-40(2)32-37-29(38-39-32)31(43)41-22-11-12-23(41)15-21(14-22)27-26(19-8-9-19)28(33)42-30(36-27)24(17-35-42)20-10-13-25(34-16-20)18-6-4-3-5-7-18/h3-7,10,13,16-17,19,21-23H,8-9,11-12,14-15,33H2,1-2H3,(H,37,38,39)/t21-,22-,23+. The van der Waals surface area contributed by atoms with Crippen LogP contribution in [-0.2, 0) is 0 Å². The lowest BCUT2D eigenvalue weighted by molar-refractivity contribution is 0.0557. The third-order valence-corrected chi connectivity index (χ3v) is 9.34. The van der Waals surface area contributed by atoms with E-state index in [-0.39, 0.29) is 23.9 Å². The Hall–Kier alpha value is -4.80. The van der Waals surface area contributed by atoms with Crippen molar-refractivity contribution in [3.8, 4) is 22.4 Å². The number of carbonyl (C=O) groups excluding carboxylic acids is 1.